The van der Waals surface area contributed by atoms with Gasteiger partial charge in [-0.05, 0) is 115 Å². The van der Waals surface area contributed by atoms with Crippen LogP contribution in [0.3, 0.4) is 0 Å². The van der Waals surface area contributed by atoms with Crippen LogP contribution in [0.15, 0.2) is 176 Å². The number of aromatic nitrogens is 1. The molecule has 0 amide bonds. The van der Waals surface area contributed by atoms with Crippen LogP contribution < -0.4 is 0 Å². The number of aryl methyl sites for hydroxylation is 1. The predicted octanol–water partition coefficient (Wildman–Crippen LogP) is 13.3. The minimum absolute atomic E-state index is 0.283. The fourth-order valence-electron chi connectivity index (χ4n) is 8.36. The van der Waals surface area contributed by atoms with E-state index in [4.69, 9.17) is 0 Å². The smallest absolute Gasteiger partial charge is 0.123 e. The van der Waals surface area contributed by atoms with Crippen molar-refractivity contribution in [2.45, 2.75) is 6.92 Å². The summed E-state index contributed by atoms with van der Waals surface area (Å²) in [6.07, 6.45) is 0. The molecule has 1 N–H and O–H groups in total. The van der Waals surface area contributed by atoms with E-state index in [1.807, 2.05) is 6.07 Å². The molecular formula is C49H33NO. The quantitative estimate of drug-likeness (QED) is 0.188. The Balaban J connectivity index is 1.23. The molecule has 10 rings (SSSR count). The Labute approximate surface area is 296 Å². The summed E-state index contributed by atoms with van der Waals surface area (Å²) in [5, 5.41) is 20.9. The Hall–Kier alpha value is -6.64. The van der Waals surface area contributed by atoms with Crippen LogP contribution in [-0.4, -0.2) is 9.67 Å². The lowest BCUT2D eigenvalue weighted by atomic mass is 9.84. The van der Waals surface area contributed by atoms with Crippen molar-refractivity contribution in [1.29, 1.82) is 0 Å². The molecule has 240 valence electrons. The summed E-state index contributed by atoms with van der Waals surface area (Å²) >= 11 is 0. The van der Waals surface area contributed by atoms with E-state index in [9.17, 15) is 5.11 Å². The topological polar surface area (TPSA) is 25.2 Å². The van der Waals surface area contributed by atoms with Gasteiger partial charge in [0.1, 0.15) is 5.75 Å². The highest BCUT2D eigenvalue weighted by atomic mass is 16.3. The van der Waals surface area contributed by atoms with Gasteiger partial charge >= 0.3 is 0 Å². The molecule has 0 radical (unpaired) electrons. The number of fused-ring (bicyclic) bond motifs is 6. The first-order valence-electron chi connectivity index (χ1n) is 17.5. The summed E-state index contributed by atoms with van der Waals surface area (Å²) < 4.78 is 2.37. The second-order valence-electron chi connectivity index (χ2n) is 13.5. The van der Waals surface area contributed by atoms with Crippen molar-refractivity contribution in [1.82, 2.24) is 4.57 Å². The number of hydrogen-bond donors (Lipinski definition) is 1. The number of nitrogens with zero attached hydrogens (tertiary/aromatic N) is 1. The third kappa shape index (κ3) is 4.50. The minimum atomic E-state index is 0.283. The number of phenolic OH excluding ortho intramolecular Hbond substituents is 1. The molecule has 0 atom stereocenters. The second kappa shape index (κ2) is 11.5. The second-order valence-corrected chi connectivity index (χ2v) is 13.5. The molecule has 9 aromatic carbocycles. The van der Waals surface area contributed by atoms with E-state index in [0.717, 1.165) is 27.9 Å². The average molecular weight is 652 g/mol. The largest absolute Gasteiger partial charge is 0.507 e. The molecule has 0 aliphatic heterocycles. The predicted molar refractivity (Wildman–Crippen MR) is 216 cm³/mol. The Morgan fingerprint density at radius 1 is 0.392 bits per heavy atom. The van der Waals surface area contributed by atoms with Crippen LogP contribution in [0.25, 0.3) is 93.2 Å². The normalized spacial score (nSPS) is 11.7. The fraction of sp³-hybridized carbons (Fsp3) is 0.0204. The fourth-order valence-corrected chi connectivity index (χ4v) is 8.36. The molecule has 2 nitrogen and oxygen atoms in total. The van der Waals surface area contributed by atoms with E-state index in [1.54, 1.807) is 0 Å². The van der Waals surface area contributed by atoms with Gasteiger partial charge in [0.05, 0.1) is 11.0 Å². The van der Waals surface area contributed by atoms with Crippen molar-refractivity contribution in [3.05, 3.63) is 181 Å². The van der Waals surface area contributed by atoms with Gasteiger partial charge in [-0.2, -0.15) is 0 Å². The molecule has 0 bridgehead atoms. The molecule has 0 saturated heterocycles. The lowest BCUT2D eigenvalue weighted by Crippen LogP contribution is -1.93. The van der Waals surface area contributed by atoms with Gasteiger partial charge in [0.25, 0.3) is 0 Å². The van der Waals surface area contributed by atoms with E-state index < -0.39 is 0 Å². The third-order valence-corrected chi connectivity index (χ3v) is 10.7. The standard InChI is InChI=1S/C49H33NO/c1-31-36-16-6-5-13-32(36)23-26-37(31)44-30-34(25-28-47(44)51)49-41-20-9-7-18-39(41)48(40-19-8-10-21-42(40)49)33-24-27-46-43(29-33)38-17-11-12-22-45(38)50(46)35-14-3-2-4-15-35/h2-30,51H,1H3. The Morgan fingerprint density at radius 2 is 0.922 bits per heavy atom. The van der Waals surface area contributed by atoms with Crippen LogP contribution in [0.2, 0.25) is 0 Å². The van der Waals surface area contributed by atoms with Crippen LogP contribution in [0.5, 0.6) is 5.75 Å². The molecule has 1 aromatic heterocycles. The zero-order chi connectivity index (χ0) is 34.1. The maximum atomic E-state index is 11.3. The van der Waals surface area contributed by atoms with Gasteiger partial charge in [0, 0.05) is 22.0 Å². The number of benzene rings is 9. The Morgan fingerprint density at radius 3 is 1.61 bits per heavy atom. The molecule has 0 fully saturated rings. The average Bonchev–Trinajstić information content (AvgIpc) is 3.52. The first-order valence-corrected chi connectivity index (χ1v) is 17.5. The van der Waals surface area contributed by atoms with Crippen LogP contribution in [0.1, 0.15) is 5.56 Å². The molecule has 0 unspecified atom stereocenters. The lowest BCUT2D eigenvalue weighted by molar-refractivity contribution is 0.477. The molecule has 0 spiro atoms. The maximum Gasteiger partial charge on any atom is 0.123 e. The van der Waals surface area contributed by atoms with E-state index in [1.165, 1.54) is 70.8 Å². The molecule has 0 aliphatic carbocycles. The van der Waals surface area contributed by atoms with E-state index in [-0.39, 0.29) is 5.75 Å². The minimum Gasteiger partial charge on any atom is -0.507 e. The first-order chi connectivity index (χ1) is 25.2. The van der Waals surface area contributed by atoms with Gasteiger partial charge in [0.2, 0.25) is 0 Å². The zero-order valence-corrected chi connectivity index (χ0v) is 28.1. The molecule has 0 aliphatic rings. The summed E-state index contributed by atoms with van der Waals surface area (Å²) in [5.41, 5.74) is 11.3. The molecule has 2 heteroatoms. The number of para-hydroxylation sites is 2. The van der Waals surface area contributed by atoms with Crippen molar-refractivity contribution < 1.29 is 5.11 Å². The van der Waals surface area contributed by atoms with Crippen molar-refractivity contribution in [2.24, 2.45) is 0 Å². The molecule has 10 aromatic rings. The van der Waals surface area contributed by atoms with E-state index in [0.29, 0.717) is 0 Å². The summed E-state index contributed by atoms with van der Waals surface area (Å²) in [7, 11) is 0. The van der Waals surface area contributed by atoms with Gasteiger partial charge in [-0.25, -0.2) is 0 Å². The van der Waals surface area contributed by atoms with Crippen molar-refractivity contribution in [3.63, 3.8) is 0 Å². The van der Waals surface area contributed by atoms with Crippen molar-refractivity contribution >= 4 is 54.1 Å². The monoisotopic (exact) mass is 651 g/mol. The number of aromatic hydroxyl groups is 1. The van der Waals surface area contributed by atoms with Crippen LogP contribution in [-0.2, 0) is 0 Å². The van der Waals surface area contributed by atoms with Crippen molar-refractivity contribution in [3.8, 4) is 44.8 Å². The van der Waals surface area contributed by atoms with E-state index >= 15 is 0 Å². The summed E-state index contributed by atoms with van der Waals surface area (Å²) in [4.78, 5) is 0. The summed E-state index contributed by atoms with van der Waals surface area (Å²) in [5.74, 6) is 0.283. The van der Waals surface area contributed by atoms with Gasteiger partial charge < -0.3 is 9.67 Å². The summed E-state index contributed by atoms with van der Waals surface area (Å²) in [6.45, 7) is 2.15. The van der Waals surface area contributed by atoms with Crippen LogP contribution >= 0.6 is 0 Å². The number of rotatable bonds is 4. The molecule has 1 heterocycles. The van der Waals surface area contributed by atoms with Gasteiger partial charge in [0.15, 0.2) is 0 Å². The first kappa shape index (κ1) is 29.3. The van der Waals surface area contributed by atoms with Gasteiger partial charge in [-0.15, -0.1) is 0 Å². The molecule has 51 heavy (non-hydrogen) atoms. The maximum absolute atomic E-state index is 11.3. The van der Waals surface area contributed by atoms with Gasteiger partial charge in [-0.3, -0.25) is 0 Å². The van der Waals surface area contributed by atoms with Crippen LogP contribution in [0.4, 0.5) is 0 Å². The SMILES string of the molecule is Cc1c(-c2cc(-c3c4ccccc4c(-c4ccc5c(c4)c4ccccc4n5-c4ccccc4)c4ccccc34)ccc2O)ccc2ccccc12. The Kier molecular flexibility index (Phi) is 6.59. The van der Waals surface area contributed by atoms with Gasteiger partial charge in [-0.1, -0.05) is 133 Å². The highest BCUT2D eigenvalue weighted by Crippen LogP contribution is 2.46. The highest BCUT2D eigenvalue weighted by molar-refractivity contribution is 6.22. The van der Waals surface area contributed by atoms with Crippen LogP contribution in [0, 0.1) is 6.92 Å². The number of hydrogen-bond acceptors (Lipinski definition) is 1. The lowest BCUT2D eigenvalue weighted by Gasteiger charge is -2.19. The molecular weight excluding hydrogens is 619 g/mol. The highest BCUT2D eigenvalue weighted by Gasteiger charge is 2.20. The number of phenols is 1. The summed E-state index contributed by atoms with van der Waals surface area (Å²) in [6, 6.07) is 62.7. The third-order valence-electron chi connectivity index (χ3n) is 10.7. The molecule has 0 saturated carbocycles. The zero-order valence-electron chi connectivity index (χ0n) is 28.1. The van der Waals surface area contributed by atoms with Crippen molar-refractivity contribution in [2.75, 3.05) is 0 Å². The van der Waals surface area contributed by atoms with E-state index in [2.05, 4.69) is 181 Å². The Bertz CT molecular complexity index is 2930.